The molecule has 26 heavy (non-hydrogen) atoms. The summed E-state index contributed by atoms with van der Waals surface area (Å²) in [5.41, 5.74) is 0.924. The lowest BCUT2D eigenvalue weighted by molar-refractivity contribution is -0.116. The Morgan fingerprint density at radius 2 is 2.00 bits per heavy atom. The van der Waals surface area contributed by atoms with Gasteiger partial charge in [0, 0.05) is 23.9 Å². The lowest BCUT2D eigenvalue weighted by Gasteiger charge is -2.09. The zero-order valence-corrected chi connectivity index (χ0v) is 14.2. The lowest BCUT2D eigenvalue weighted by Crippen LogP contribution is -2.13. The van der Waals surface area contributed by atoms with Crippen LogP contribution >= 0.6 is 11.8 Å². The molecule has 1 N–H and O–H groups in total. The van der Waals surface area contributed by atoms with E-state index in [1.54, 1.807) is 42.6 Å². The van der Waals surface area contributed by atoms with Gasteiger partial charge in [0.2, 0.25) is 17.6 Å². The molecule has 0 fully saturated rings. The number of alkyl halides is 2. The molecule has 1 amide bonds. The molecular formula is C17H14F2N4O2S. The fourth-order valence-corrected chi connectivity index (χ4v) is 2.75. The van der Waals surface area contributed by atoms with Gasteiger partial charge in [-0.1, -0.05) is 35.1 Å². The second-order valence-corrected chi connectivity index (χ2v) is 6.18. The Bertz CT molecular complexity index is 874. The standard InChI is InChI=1S/C17H14F2N4O2S/c18-17(19)26-13-7-2-1-5-11(13)21-14(24)8-9-15-22-16(23-25-15)12-6-3-4-10-20-12/h1-7,10,17H,8-9H2,(H,21,24). The largest absolute Gasteiger partial charge is 0.339 e. The van der Waals surface area contributed by atoms with E-state index in [0.29, 0.717) is 39.8 Å². The first-order chi connectivity index (χ1) is 12.6. The topological polar surface area (TPSA) is 80.9 Å². The van der Waals surface area contributed by atoms with Gasteiger partial charge in [0.1, 0.15) is 5.69 Å². The number of hydrogen-bond donors (Lipinski definition) is 1. The lowest BCUT2D eigenvalue weighted by atomic mass is 10.2. The summed E-state index contributed by atoms with van der Waals surface area (Å²) in [7, 11) is 0. The van der Waals surface area contributed by atoms with E-state index in [2.05, 4.69) is 20.4 Å². The van der Waals surface area contributed by atoms with Crippen molar-refractivity contribution in [2.75, 3.05) is 5.32 Å². The van der Waals surface area contributed by atoms with Gasteiger partial charge in [0.05, 0.1) is 5.69 Å². The van der Waals surface area contributed by atoms with Crippen LogP contribution in [-0.4, -0.2) is 26.8 Å². The van der Waals surface area contributed by atoms with Gasteiger partial charge in [-0.15, -0.1) is 0 Å². The van der Waals surface area contributed by atoms with Gasteiger partial charge < -0.3 is 9.84 Å². The highest BCUT2D eigenvalue weighted by molar-refractivity contribution is 7.99. The maximum absolute atomic E-state index is 12.6. The molecule has 0 bridgehead atoms. The summed E-state index contributed by atoms with van der Waals surface area (Å²) in [5.74, 6) is -2.24. The smallest absolute Gasteiger partial charge is 0.288 e. The number of aryl methyl sites for hydroxylation is 1. The van der Waals surface area contributed by atoms with E-state index in [1.807, 2.05) is 0 Å². The van der Waals surface area contributed by atoms with E-state index < -0.39 is 5.76 Å². The quantitative estimate of drug-likeness (QED) is 0.628. The molecular weight excluding hydrogens is 362 g/mol. The van der Waals surface area contributed by atoms with Crippen LogP contribution in [0.5, 0.6) is 0 Å². The molecule has 2 heterocycles. The van der Waals surface area contributed by atoms with Gasteiger partial charge in [-0.3, -0.25) is 9.78 Å². The van der Waals surface area contributed by atoms with Crippen molar-refractivity contribution in [1.82, 2.24) is 15.1 Å². The molecule has 1 aromatic carbocycles. The van der Waals surface area contributed by atoms with Crippen LogP contribution in [0.1, 0.15) is 12.3 Å². The third kappa shape index (κ3) is 4.85. The Morgan fingerprint density at radius 3 is 2.77 bits per heavy atom. The third-order valence-electron chi connectivity index (χ3n) is 3.31. The second-order valence-electron chi connectivity index (χ2n) is 5.15. The van der Waals surface area contributed by atoms with Crippen LogP contribution in [0.2, 0.25) is 0 Å². The Morgan fingerprint density at radius 1 is 1.19 bits per heavy atom. The molecule has 134 valence electrons. The number of anilines is 1. The van der Waals surface area contributed by atoms with Crippen molar-refractivity contribution >= 4 is 23.4 Å². The second kappa shape index (κ2) is 8.52. The Balaban J connectivity index is 1.58. The Hall–Kier alpha value is -2.81. The number of aromatic nitrogens is 3. The normalized spacial score (nSPS) is 10.9. The number of carbonyl (C=O) groups excluding carboxylic acids is 1. The first-order valence-electron chi connectivity index (χ1n) is 7.69. The van der Waals surface area contributed by atoms with E-state index in [-0.39, 0.29) is 18.7 Å². The fraction of sp³-hybridized carbons (Fsp3) is 0.176. The molecule has 0 unspecified atom stereocenters. The van der Waals surface area contributed by atoms with Crippen molar-refractivity contribution in [3.05, 3.63) is 54.6 Å². The van der Waals surface area contributed by atoms with Crippen LogP contribution in [0, 0.1) is 0 Å². The highest BCUT2D eigenvalue weighted by Gasteiger charge is 2.14. The summed E-state index contributed by atoms with van der Waals surface area (Å²) in [4.78, 5) is 20.7. The number of benzene rings is 1. The molecule has 2 aromatic heterocycles. The molecule has 0 saturated carbocycles. The minimum atomic E-state index is -2.56. The summed E-state index contributed by atoms with van der Waals surface area (Å²) in [6, 6.07) is 11.7. The minimum absolute atomic E-state index is 0.0809. The van der Waals surface area contributed by atoms with Crippen LogP contribution in [0.4, 0.5) is 14.5 Å². The molecule has 0 aliphatic carbocycles. The van der Waals surface area contributed by atoms with Crippen LogP contribution in [0.15, 0.2) is 58.1 Å². The van der Waals surface area contributed by atoms with E-state index >= 15 is 0 Å². The van der Waals surface area contributed by atoms with Crippen LogP contribution in [0.25, 0.3) is 11.5 Å². The number of carbonyl (C=O) groups is 1. The van der Waals surface area contributed by atoms with Gasteiger partial charge in [-0.05, 0) is 24.3 Å². The molecule has 6 nitrogen and oxygen atoms in total. The van der Waals surface area contributed by atoms with E-state index in [4.69, 9.17) is 4.52 Å². The third-order valence-corrected chi connectivity index (χ3v) is 4.09. The summed E-state index contributed by atoms with van der Waals surface area (Å²) in [6.45, 7) is 0. The average Bonchev–Trinajstić information content (AvgIpc) is 3.11. The monoisotopic (exact) mass is 376 g/mol. The van der Waals surface area contributed by atoms with Crippen molar-refractivity contribution in [3.8, 4) is 11.5 Å². The van der Waals surface area contributed by atoms with Crippen molar-refractivity contribution in [2.24, 2.45) is 0 Å². The highest BCUT2D eigenvalue weighted by Crippen LogP contribution is 2.31. The molecule has 0 aliphatic heterocycles. The molecule has 0 atom stereocenters. The number of nitrogens with zero attached hydrogens (tertiary/aromatic N) is 3. The van der Waals surface area contributed by atoms with Gasteiger partial charge in [0.25, 0.3) is 5.76 Å². The van der Waals surface area contributed by atoms with Gasteiger partial charge in [-0.25, -0.2) is 0 Å². The van der Waals surface area contributed by atoms with E-state index in [9.17, 15) is 13.6 Å². The zero-order valence-electron chi connectivity index (χ0n) is 13.4. The van der Waals surface area contributed by atoms with Crippen molar-refractivity contribution in [1.29, 1.82) is 0 Å². The number of pyridine rings is 1. The average molecular weight is 376 g/mol. The summed E-state index contributed by atoms with van der Waals surface area (Å²) in [5, 5.41) is 6.46. The number of para-hydroxylation sites is 1. The number of amides is 1. The first-order valence-corrected chi connectivity index (χ1v) is 8.57. The predicted octanol–water partition coefficient (Wildman–Crippen LogP) is 4.02. The fourth-order valence-electron chi connectivity index (χ4n) is 2.16. The van der Waals surface area contributed by atoms with E-state index in [0.717, 1.165) is 0 Å². The SMILES string of the molecule is O=C(CCc1nc(-c2ccccn2)no1)Nc1ccccc1SC(F)F. The summed E-state index contributed by atoms with van der Waals surface area (Å²) >= 11 is 0.387. The molecule has 0 radical (unpaired) electrons. The maximum Gasteiger partial charge on any atom is 0.288 e. The number of hydrogen-bond acceptors (Lipinski definition) is 6. The van der Waals surface area contributed by atoms with Crippen molar-refractivity contribution < 1.29 is 18.1 Å². The summed E-state index contributed by atoms with van der Waals surface area (Å²) in [6.07, 6.45) is 1.93. The first kappa shape index (κ1) is 18.0. The number of rotatable bonds is 7. The number of nitrogens with one attached hydrogen (secondary N) is 1. The van der Waals surface area contributed by atoms with Crippen LogP contribution in [-0.2, 0) is 11.2 Å². The molecule has 0 saturated heterocycles. The van der Waals surface area contributed by atoms with Crippen LogP contribution in [0.3, 0.4) is 0 Å². The minimum Gasteiger partial charge on any atom is -0.339 e. The van der Waals surface area contributed by atoms with Crippen molar-refractivity contribution in [3.63, 3.8) is 0 Å². The van der Waals surface area contributed by atoms with Gasteiger partial charge >= 0.3 is 0 Å². The molecule has 0 aliphatic rings. The number of thioether (sulfide) groups is 1. The Labute approximate surface area is 152 Å². The van der Waals surface area contributed by atoms with Crippen LogP contribution < -0.4 is 5.32 Å². The Kier molecular flexibility index (Phi) is 5.90. The molecule has 3 rings (SSSR count). The predicted molar refractivity (Wildman–Crippen MR) is 92.8 cm³/mol. The molecule has 9 heteroatoms. The van der Waals surface area contributed by atoms with Crippen molar-refractivity contribution in [2.45, 2.75) is 23.5 Å². The highest BCUT2D eigenvalue weighted by atomic mass is 32.2. The van der Waals surface area contributed by atoms with E-state index in [1.165, 1.54) is 6.07 Å². The van der Waals surface area contributed by atoms with Gasteiger partial charge in [0.15, 0.2) is 0 Å². The molecule has 3 aromatic rings. The summed E-state index contributed by atoms with van der Waals surface area (Å²) < 4.78 is 30.2. The zero-order chi connectivity index (χ0) is 18.4. The van der Waals surface area contributed by atoms with Gasteiger partial charge in [-0.2, -0.15) is 13.8 Å². The maximum atomic E-state index is 12.6. The molecule has 0 spiro atoms. The number of halogens is 2.